The molecule has 0 unspecified atom stereocenters. The van der Waals surface area contributed by atoms with Crippen LogP contribution in [0.3, 0.4) is 0 Å². The van der Waals surface area contributed by atoms with E-state index in [4.69, 9.17) is 14.2 Å². The highest BCUT2D eigenvalue weighted by Crippen LogP contribution is 2.49. The lowest BCUT2D eigenvalue weighted by molar-refractivity contribution is -0.275. The second-order valence-electron chi connectivity index (χ2n) is 8.65. The molecule has 0 aromatic heterocycles. The van der Waals surface area contributed by atoms with Crippen LogP contribution in [0.15, 0.2) is 60.7 Å². The minimum atomic E-state index is -4.95. The van der Waals surface area contributed by atoms with Crippen molar-refractivity contribution in [3.8, 4) is 23.0 Å². The highest BCUT2D eigenvalue weighted by Gasteiger charge is 2.47. The Balaban J connectivity index is 1.53. The van der Waals surface area contributed by atoms with Crippen molar-refractivity contribution in [2.24, 2.45) is 0 Å². The number of amides is 1. The van der Waals surface area contributed by atoms with Crippen molar-refractivity contribution >= 4 is 5.91 Å². The molecule has 0 bridgehead atoms. The maximum absolute atomic E-state index is 15.1. The first-order valence-corrected chi connectivity index (χ1v) is 11.6. The Hall–Kier alpha value is -4.20. The molecule has 0 saturated carbocycles. The van der Waals surface area contributed by atoms with E-state index in [1.54, 1.807) is 0 Å². The Labute approximate surface area is 221 Å². The monoisotopic (exact) mass is 573 g/mol. The molecule has 0 radical (unpaired) electrons. The van der Waals surface area contributed by atoms with Gasteiger partial charge in [-0.2, -0.15) is 0 Å². The molecule has 0 atom stereocenters. The Morgan fingerprint density at radius 2 is 1.20 bits per heavy atom. The molecule has 2 heterocycles. The molecule has 0 N–H and O–H groups in total. The van der Waals surface area contributed by atoms with Crippen LogP contribution in [0.2, 0.25) is 0 Å². The van der Waals surface area contributed by atoms with Crippen molar-refractivity contribution in [3.05, 3.63) is 83.2 Å². The zero-order chi connectivity index (χ0) is 28.7. The Morgan fingerprint density at radius 3 is 1.65 bits per heavy atom. The number of alkyl halides is 6. The van der Waals surface area contributed by atoms with E-state index in [9.17, 15) is 31.1 Å². The van der Waals surface area contributed by atoms with Gasteiger partial charge in [-0.05, 0) is 54.6 Å². The van der Waals surface area contributed by atoms with Gasteiger partial charge in [0.15, 0.2) is 11.5 Å². The average molecular weight is 573 g/mol. The van der Waals surface area contributed by atoms with Crippen molar-refractivity contribution in [2.75, 3.05) is 26.3 Å². The van der Waals surface area contributed by atoms with Crippen LogP contribution in [0, 0.1) is 5.82 Å². The predicted molar refractivity (Wildman–Crippen MR) is 121 cm³/mol. The Kier molecular flexibility index (Phi) is 6.90. The van der Waals surface area contributed by atoms with E-state index in [0.717, 1.165) is 36.4 Å². The lowest BCUT2D eigenvalue weighted by Gasteiger charge is -2.29. The number of hydrogen-bond acceptors (Lipinski definition) is 6. The van der Waals surface area contributed by atoms with Crippen LogP contribution < -0.4 is 18.9 Å². The molecule has 3 aromatic rings. The summed E-state index contributed by atoms with van der Waals surface area (Å²) in [7, 11) is 0. The van der Waals surface area contributed by atoms with Crippen LogP contribution in [0.1, 0.15) is 21.5 Å². The molecule has 1 amide bonds. The summed E-state index contributed by atoms with van der Waals surface area (Å²) in [5.41, 5.74) is -0.142. The first-order valence-electron chi connectivity index (χ1n) is 11.6. The molecule has 14 heteroatoms. The van der Waals surface area contributed by atoms with Gasteiger partial charge in [0.2, 0.25) is 0 Å². The molecule has 1 saturated heterocycles. The highest BCUT2D eigenvalue weighted by atomic mass is 19.4. The molecule has 2 aliphatic heterocycles. The Bertz CT molecular complexity index is 1330. The van der Waals surface area contributed by atoms with Gasteiger partial charge >= 0.3 is 18.5 Å². The zero-order valence-corrected chi connectivity index (χ0v) is 20.1. The van der Waals surface area contributed by atoms with Crippen molar-refractivity contribution in [1.82, 2.24) is 4.90 Å². The molecule has 2 aliphatic rings. The summed E-state index contributed by atoms with van der Waals surface area (Å²) < 4.78 is 116. The van der Waals surface area contributed by atoms with Crippen molar-refractivity contribution < 1.29 is 59.2 Å². The second-order valence-corrected chi connectivity index (χ2v) is 8.65. The number of hydrogen-bond donors (Lipinski definition) is 0. The average Bonchev–Trinajstić information content (AvgIpc) is 3.26. The normalized spacial score (nSPS) is 16.5. The molecule has 0 spiro atoms. The van der Waals surface area contributed by atoms with Gasteiger partial charge < -0.3 is 28.6 Å². The molecular weight excluding hydrogens is 555 g/mol. The molecule has 212 valence electrons. The number of rotatable bonds is 5. The fourth-order valence-electron chi connectivity index (χ4n) is 4.28. The van der Waals surface area contributed by atoms with Crippen LogP contribution in [0.5, 0.6) is 23.0 Å². The smallest absolute Gasteiger partial charge is 0.440 e. The molecule has 7 nitrogen and oxygen atoms in total. The summed E-state index contributed by atoms with van der Waals surface area (Å²) in [5, 5.41) is 0. The largest absolute Gasteiger partial charge is 0.573 e. The SMILES string of the molecule is O=C(c1cc2c(cc1F)OC(c1ccc(OC(F)(F)F)cc1)(c1ccc(OC(F)(F)F)cc1)O2)N1CCOCC1. The van der Waals surface area contributed by atoms with E-state index in [0.29, 0.717) is 0 Å². The first kappa shape index (κ1) is 27.4. The molecule has 1 fully saturated rings. The maximum atomic E-state index is 15.1. The van der Waals surface area contributed by atoms with Gasteiger partial charge in [-0.1, -0.05) is 0 Å². The summed E-state index contributed by atoms with van der Waals surface area (Å²) in [6.07, 6.45) is -9.91. The molecular formula is C26H18F7NO6. The first-order chi connectivity index (χ1) is 18.8. The van der Waals surface area contributed by atoms with Crippen LogP contribution >= 0.6 is 0 Å². The number of ether oxygens (including phenoxy) is 5. The van der Waals surface area contributed by atoms with Gasteiger partial charge in [0, 0.05) is 30.3 Å². The number of halogens is 7. The standard InChI is InChI=1S/C26H18F7NO6/c27-20-14-22-21(13-19(20)23(35)34-9-11-36-12-10-34)39-24(40-22,15-1-5-17(6-2-15)37-25(28,29)30)16-3-7-18(8-4-16)38-26(31,32)33/h1-8,13-14H,9-12H2. The van der Waals surface area contributed by atoms with Crippen molar-refractivity contribution in [1.29, 1.82) is 0 Å². The summed E-state index contributed by atoms with van der Waals surface area (Å²) in [4.78, 5) is 14.3. The number of nitrogens with zero attached hydrogens (tertiary/aromatic N) is 1. The fourth-order valence-corrected chi connectivity index (χ4v) is 4.28. The van der Waals surface area contributed by atoms with E-state index < -0.39 is 41.7 Å². The lowest BCUT2D eigenvalue weighted by Crippen LogP contribution is -2.41. The van der Waals surface area contributed by atoms with Gasteiger partial charge in [0.25, 0.3) is 5.91 Å². The minimum absolute atomic E-state index is 0.0794. The number of morpholine rings is 1. The van der Waals surface area contributed by atoms with Crippen molar-refractivity contribution in [3.63, 3.8) is 0 Å². The lowest BCUT2D eigenvalue weighted by atomic mass is 9.97. The third-order valence-corrected chi connectivity index (χ3v) is 6.01. The summed E-state index contributed by atoms with van der Waals surface area (Å²) in [6.45, 7) is 1.05. The number of carbonyl (C=O) groups is 1. The summed E-state index contributed by atoms with van der Waals surface area (Å²) in [6, 6.07) is 10.7. The van der Waals surface area contributed by atoms with Gasteiger partial charge in [0.05, 0.1) is 18.8 Å². The number of fused-ring (bicyclic) bond motifs is 1. The van der Waals surface area contributed by atoms with Gasteiger partial charge in [0.1, 0.15) is 17.3 Å². The van der Waals surface area contributed by atoms with E-state index in [1.165, 1.54) is 29.2 Å². The Morgan fingerprint density at radius 1 is 0.750 bits per heavy atom. The summed E-state index contributed by atoms with van der Waals surface area (Å²) in [5.74, 6) is -4.86. The molecule has 5 rings (SSSR count). The quantitative estimate of drug-likeness (QED) is 0.362. The summed E-state index contributed by atoms with van der Waals surface area (Å²) >= 11 is 0. The minimum Gasteiger partial charge on any atom is -0.440 e. The highest BCUT2D eigenvalue weighted by molar-refractivity contribution is 5.95. The van der Waals surface area contributed by atoms with Gasteiger partial charge in [-0.3, -0.25) is 4.79 Å². The number of benzene rings is 3. The van der Waals surface area contributed by atoms with E-state index in [-0.39, 0.29) is 54.5 Å². The molecule has 3 aromatic carbocycles. The zero-order valence-electron chi connectivity index (χ0n) is 20.1. The topological polar surface area (TPSA) is 66.5 Å². The van der Waals surface area contributed by atoms with Crippen molar-refractivity contribution in [2.45, 2.75) is 18.5 Å². The van der Waals surface area contributed by atoms with E-state index in [1.807, 2.05) is 0 Å². The van der Waals surface area contributed by atoms with E-state index >= 15 is 4.39 Å². The third kappa shape index (κ3) is 5.71. The van der Waals surface area contributed by atoms with Gasteiger partial charge in [-0.25, -0.2) is 4.39 Å². The third-order valence-electron chi connectivity index (χ3n) is 6.01. The van der Waals surface area contributed by atoms with Crippen LogP contribution in [0.25, 0.3) is 0 Å². The maximum Gasteiger partial charge on any atom is 0.573 e. The van der Waals surface area contributed by atoms with Gasteiger partial charge in [-0.15, -0.1) is 26.3 Å². The number of carbonyl (C=O) groups excluding carboxylic acids is 1. The fraction of sp³-hybridized carbons (Fsp3) is 0.269. The predicted octanol–water partition coefficient (Wildman–Crippen LogP) is 5.77. The molecule has 0 aliphatic carbocycles. The molecule has 40 heavy (non-hydrogen) atoms. The van der Waals surface area contributed by atoms with Crippen LogP contribution in [-0.4, -0.2) is 49.8 Å². The van der Waals surface area contributed by atoms with Crippen LogP contribution in [0.4, 0.5) is 30.7 Å². The second kappa shape index (κ2) is 10.1. The van der Waals surface area contributed by atoms with Crippen LogP contribution in [-0.2, 0) is 10.5 Å². The van der Waals surface area contributed by atoms with E-state index in [2.05, 4.69) is 9.47 Å².